The average molecular weight is 380 g/mol. The predicted octanol–water partition coefficient (Wildman–Crippen LogP) is 4.74. The quantitative estimate of drug-likeness (QED) is 0.404. The van der Waals surface area contributed by atoms with Crippen LogP contribution in [0.3, 0.4) is 0 Å². The van der Waals surface area contributed by atoms with Crippen LogP contribution in [0.2, 0.25) is 0 Å². The van der Waals surface area contributed by atoms with Gasteiger partial charge in [0.05, 0.1) is 0 Å². The second-order valence-corrected chi connectivity index (χ2v) is 6.12. The van der Waals surface area contributed by atoms with Crippen LogP contribution in [-0.2, 0) is 0 Å². The number of nitrogen functional groups attached to an aromatic ring is 1. The first-order chi connectivity index (χ1) is 11.6. The molecule has 0 heterocycles. The van der Waals surface area contributed by atoms with Crippen LogP contribution in [0.25, 0.3) is 11.1 Å². The highest BCUT2D eigenvalue weighted by Crippen LogP contribution is 2.28. The number of nitrogens with two attached hydrogens (primary N) is 1. The van der Waals surface area contributed by atoms with Gasteiger partial charge < -0.3 is 5.73 Å². The number of hydrogen-bond acceptors (Lipinski definition) is 3. The predicted molar refractivity (Wildman–Crippen MR) is 99.3 cm³/mol. The number of carbonyl (C=O) groups is 2. The van der Waals surface area contributed by atoms with Crippen LogP contribution in [0.4, 0.5) is 5.69 Å². The molecule has 0 amide bonds. The zero-order valence-electron chi connectivity index (χ0n) is 12.7. The third kappa shape index (κ3) is 3.01. The molecular weight excluding hydrogens is 366 g/mol. The number of carbonyl (C=O) groups excluding carboxylic acids is 2. The Balaban J connectivity index is 2.09. The van der Waals surface area contributed by atoms with Crippen LogP contribution < -0.4 is 5.73 Å². The van der Waals surface area contributed by atoms with Gasteiger partial charge in [-0.3, -0.25) is 9.59 Å². The third-order valence-corrected chi connectivity index (χ3v) is 4.69. The van der Waals surface area contributed by atoms with Crippen LogP contribution in [0.1, 0.15) is 26.3 Å². The Labute approximate surface area is 148 Å². The van der Waals surface area contributed by atoms with Gasteiger partial charge in [0, 0.05) is 26.9 Å². The van der Waals surface area contributed by atoms with Gasteiger partial charge in [0.25, 0.3) is 0 Å². The molecule has 4 heteroatoms. The standard InChI is InChI=1S/C20H14BrNO2/c21-19-15(12-23)7-4-8-16(19)20(24)17-11-14(9-10-18(17)22)13-5-2-1-3-6-13/h1-12H,22H2. The number of rotatable bonds is 4. The van der Waals surface area contributed by atoms with Crippen molar-refractivity contribution in [3.05, 3.63) is 87.9 Å². The molecule has 2 N–H and O–H groups in total. The van der Waals surface area contributed by atoms with E-state index in [9.17, 15) is 9.59 Å². The van der Waals surface area contributed by atoms with Gasteiger partial charge in [-0.25, -0.2) is 0 Å². The minimum Gasteiger partial charge on any atom is -0.398 e. The highest BCUT2D eigenvalue weighted by Gasteiger charge is 2.17. The average Bonchev–Trinajstić information content (AvgIpc) is 2.62. The Bertz CT molecular complexity index is 920. The summed E-state index contributed by atoms with van der Waals surface area (Å²) in [5.74, 6) is -0.221. The van der Waals surface area contributed by atoms with Gasteiger partial charge in [-0.2, -0.15) is 0 Å². The zero-order valence-corrected chi connectivity index (χ0v) is 14.3. The van der Waals surface area contributed by atoms with Crippen molar-refractivity contribution in [2.75, 3.05) is 5.73 Å². The lowest BCUT2D eigenvalue weighted by molar-refractivity contribution is 0.103. The molecule has 0 radical (unpaired) electrons. The molecule has 0 saturated heterocycles. The van der Waals surface area contributed by atoms with Crippen LogP contribution in [-0.4, -0.2) is 12.1 Å². The molecule has 0 fully saturated rings. The molecule has 3 aromatic rings. The fourth-order valence-electron chi connectivity index (χ4n) is 2.52. The topological polar surface area (TPSA) is 60.2 Å². The molecule has 24 heavy (non-hydrogen) atoms. The highest BCUT2D eigenvalue weighted by molar-refractivity contribution is 9.10. The molecule has 0 unspecified atom stereocenters. The lowest BCUT2D eigenvalue weighted by Gasteiger charge is -2.10. The van der Waals surface area contributed by atoms with E-state index in [0.717, 1.165) is 11.1 Å². The minimum atomic E-state index is -0.221. The zero-order chi connectivity index (χ0) is 17.1. The minimum absolute atomic E-state index is 0.221. The summed E-state index contributed by atoms with van der Waals surface area (Å²) in [7, 11) is 0. The second kappa shape index (κ2) is 6.81. The SMILES string of the molecule is Nc1ccc(-c2ccccc2)cc1C(=O)c1cccc(C=O)c1Br. The number of hydrogen-bond donors (Lipinski definition) is 1. The maximum atomic E-state index is 12.9. The van der Waals surface area contributed by atoms with E-state index in [0.29, 0.717) is 33.1 Å². The maximum absolute atomic E-state index is 12.9. The van der Waals surface area contributed by atoms with E-state index < -0.39 is 0 Å². The largest absolute Gasteiger partial charge is 0.398 e. The molecule has 0 spiro atoms. The van der Waals surface area contributed by atoms with Gasteiger partial charge >= 0.3 is 0 Å². The summed E-state index contributed by atoms with van der Waals surface area (Å²) in [6, 6.07) is 20.2. The molecule has 0 aliphatic carbocycles. The van der Waals surface area contributed by atoms with Crippen molar-refractivity contribution >= 4 is 33.7 Å². The Hall–Kier alpha value is -2.72. The molecule has 3 aromatic carbocycles. The van der Waals surface area contributed by atoms with Crippen LogP contribution in [0, 0.1) is 0 Å². The summed E-state index contributed by atoms with van der Waals surface area (Å²) < 4.78 is 0.481. The summed E-state index contributed by atoms with van der Waals surface area (Å²) in [4.78, 5) is 24.0. The summed E-state index contributed by atoms with van der Waals surface area (Å²) >= 11 is 3.33. The summed E-state index contributed by atoms with van der Waals surface area (Å²) in [6.45, 7) is 0. The van der Waals surface area contributed by atoms with Crippen molar-refractivity contribution in [1.82, 2.24) is 0 Å². The fraction of sp³-hybridized carbons (Fsp3) is 0. The molecule has 0 aliphatic rings. The van der Waals surface area contributed by atoms with Crippen molar-refractivity contribution in [2.45, 2.75) is 0 Å². The first kappa shape index (κ1) is 16.1. The Morgan fingerprint density at radius 1 is 0.875 bits per heavy atom. The Kier molecular flexibility index (Phi) is 4.58. The van der Waals surface area contributed by atoms with Crippen LogP contribution in [0.15, 0.2) is 71.2 Å². The molecule has 0 saturated carbocycles. The lowest BCUT2D eigenvalue weighted by atomic mass is 9.96. The maximum Gasteiger partial charge on any atom is 0.196 e. The van der Waals surface area contributed by atoms with Gasteiger partial charge in [-0.05, 0) is 45.3 Å². The summed E-state index contributed by atoms with van der Waals surface area (Å²) in [5, 5.41) is 0. The summed E-state index contributed by atoms with van der Waals surface area (Å²) in [5.41, 5.74) is 9.61. The van der Waals surface area contributed by atoms with E-state index in [-0.39, 0.29) is 5.78 Å². The van der Waals surface area contributed by atoms with E-state index in [2.05, 4.69) is 15.9 Å². The van der Waals surface area contributed by atoms with E-state index in [1.165, 1.54) is 0 Å². The molecular formula is C20H14BrNO2. The number of halogens is 1. The number of anilines is 1. The normalized spacial score (nSPS) is 10.4. The Morgan fingerprint density at radius 3 is 2.33 bits per heavy atom. The van der Waals surface area contributed by atoms with Crippen LogP contribution >= 0.6 is 15.9 Å². The van der Waals surface area contributed by atoms with Gasteiger partial charge in [-0.1, -0.05) is 48.5 Å². The van der Waals surface area contributed by atoms with E-state index in [4.69, 9.17) is 5.73 Å². The number of ketones is 1. The fourth-order valence-corrected chi connectivity index (χ4v) is 3.06. The molecule has 0 aromatic heterocycles. The van der Waals surface area contributed by atoms with Crippen molar-refractivity contribution in [3.8, 4) is 11.1 Å². The molecule has 3 rings (SSSR count). The van der Waals surface area contributed by atoms with Crippen molar-refractivity contribution in [1.29, 1.82) is 0 Å². The lowest BCUT2D eigenvalue weighted by Crippen LogP contribution is -2.07. The first-order valence-electron chi connectivity index (χ1n) is 7.35. The Morgan fingerprint density at radius 2 is 1.62 bits per heavy atom. The molecule has 0 aliphatic heterocycles. The van der Waals surface area contributed by atoms with E-state index in [1.54, 1.807) is 30.3 Å². The van der Waals surface area contributed by atoms with Crippen molar-refractivity contribution < 1.29 is 9.59 Å². The highest BCUT2D eigenvalue weighted by atomic mass is 79.9. The van der Waals surface area contributed by atoms with Gasteiger partial charge in [-0.15, -0.1) is 0 Å². The first-order valence-corrected chi connectivity index (χ1v) is 8.14. The molecule has 118 valence electrons. The van der Waals surface area contributed by atoms with Gasteiger partial charge in [0.15, 0.2) is 12.1 Å². The number of benzene rings is 3. The molecule has 0 atom stereocenters. The van der Waals surface area contributed by atoms with Gasteiger partial charge in [0.2, 0.25) is 0 Å². The van der Waals surface area contributed by atoms with Crippen molar-refractivity contribution in [3.63, 3.8) is 0 Å². The van der Waals surface area contributed by atoms with E-state index >= 15 is 0 Å². The van der Waals surface area contributed by atoms with Gasteiger partial charge in [0.1, 0.15) is 0 Å². The molecule has 3 nitrogen and oxygen atoms in total. The summed E-state index contributed by atoms with van der Waals surface area (Å²) in [6.07, 6.45) is 0.713. The number of aldehydes is 1. The van der Waals surface area contributed by atoms with E-state index in [1.807, 2.05) is 36.4 Å². The second-order valence-electron chi connectivity index (χ2n) is 5.32. The van der Waals surface area contributed by atoms with Crippen molar-refractivity contribution in [2.24, 2.45) is 0 Å². The molecule has 0 bridgehead atoms. The van der Waals surface area contributed by atoms with Crippen LogP contribution in [0.5, 0.6) is 0 Å². The third-order valence-electron chi connectivity index (χ3n) is 3.81. The smallest absolute Gasteiger partial charge is 0.196 e. The monoisotopic (exact) mass is 379 g/mol.